The number of benzene rings is 14. The highest BCUT2D eigenvalue weighted by atomic mass is 15.0. The molecule has 3 aromatic heterocycles. The topological polar surface area (TPSA) is 90.2 Å². The third-order valence-corrected chi connectivity index (χ3v) is 16.9. The van der Waals surface area contributed by atoms with E-state index in [0.717, 1.165) is 71.7 Å². The van der Waals surface area contributed by atoms with Crippen molar-refractivity contribution in [3.05, 3.63) is 322 Å². The van der Waals surface area contributed by atoms with Gasteiger partial charge in [0.15, 0.2) is 34.9 Å². The molecule has 14 aromatic carbocycles. The van der Waals surface area contributed by atoms with E-state index >= 15 is 0 Å². The van der Waals surface area contributed by atoms with Crippen molar-refractivity contribution in [1.82, 2.24) is 34.9 Å². The first-order chi connectivity index (χ1) is 44.6. The van der Waals surface area contributed by atoms with Gasteiger partial charge in [-0.2, -0.15) is 0 Å². The minimum absolute atomic E-state index is 0.638. The number of rotatable bonds is 9. The van der Waals surface area contributed by atoms with Crippen LogP contribution < -0.4 is 0 Å². The summed E-state index contributed by atoms with van der Waals surface area (Å²) in [5.41, 5.74) is 13.7. The van der Waals surface area contributed by atoms with Gasteiger partial charge in [0.2, 0.25) is 0 Å². The van der Waals surface area contributed by atoms with Crippen LogP contribution in [-0.4, -0.2) is 34.9 Å². The molecular weight excluding hydrogens is 1090 g/mol. The molecule has 7 heteroatoms. The molecule has 0 fully saturated rings. The maximum Gasteiger partial charge on any atom is 0.164 e. The average molecular weight is 1150 g/mol. The molecule has 0 spiro atoms. The Morgan fingerprint density at radius 2 is 0.489 bits per heavy atom. The molecule has 7 nitrogen and oxygen atoms in total. The second kappa shape index (κ2) is 23.2. The summed E-state index contributed by atoms with van der Waals surface area (Å²) in [6, 6.07) is 110. The lowest BCUT2D eigenvalue weighted by Gasteiger charge is -2.18. The molecule has 0 saturated heterocycles. The Hall–Kier alpha value is -12.2. The van der Waals surface area contributed by atoms with Gasteiger partial charge in [-0.1, -0.05) is 297 Å². The van der Waals surface area contributed by atoms with E-state index in [2.05, 4.69) is 254 Å². The van der Waals surface area contributed by atoms with Crippen molar-refractivity contribution in [2.45, 2.75) is 0 Å². The second-order valence-electron chi connectivity index (χ2n) is 22.4. The van der Waals surface area contributed by atoms with E-state index in [1.807, 2.05) is 72.9 Å². The average Bonchev–Trinajstić information content (AvgIpc) is 0.745. The molecule has 0 atom stereocenters. The first kappa shape index (κ1) is 53.3. The normalized spacial score (nSPS) is 11.3. The zero-order valence-corrected chi connectivity index (χ0v) is 48.7. The fraction of sp³-hybridized carbons (Fsp3) is 0. The van der Waals surface area contributed by atoms with Gasteiger partial charge < -0.3 is 0 Å². The molecule has 0 aliphatic heterocycles. The lowest BCUT2D eigenvalue weighted by Crippen LogP contribution is -2.00. The molecule has 0 radical (unpaired) electrons. The maximum absolute atomic E-state index is 4.99. The molecule has 3 heterocycles. The number of para-hydroxylation sites is 1. The van der Waals surface area contributed by atoms with Crippen LogP contribution in [0.5, 0.6) is 0 Å². The molecular formula is C83H53N7. The van der Waals surface area contributed by atoms with Gasteiger partial charge in [0, 0.05) is 50.5 Å². The molecule has 420 valence electrons. The lowest BCUT2D eigenvalue weighted by atomic mass is 9.85. The van der Waals surface area contributed by atoms with Crippen LogP contribution in [0, 0.1) is 0 Å². The Morgan fingerprint density at radius 1 is 0.178 bits per heavy atom. The van der Waals surface area contributed by atoms with Crippen molar-refractivity contribution >= 4 is 64.8 Å². The standard InChI is InChI=1S/C45H29N3.C38H24N4/c1-4-14-30(15-5-1)35-28-29-36(42-40-23-13-11-21-38(40)37-20-10-12-22-39(37)41(35)42)31-24-26-34(27-25-31)45-47-43(32-16-6-2-7-17-32)46-44(48-45)33-18-8-3-9-19-33;1-3-9-30-23-32(20-14-25(30)7-1)37-40-36(41-38(42-37)33-21-15-26-8-2-4-10-31(26)24-33)29-18-16-27(17-19-29)34-13-5-11-28-12-6-22-39-35(28)34/h1-29H;1-24H. The summed E-state index contributed by atoms with van der Waals surface area (Å²) in [6.07, 6.45) is 1.84. The fourth-order valence-electron chi connectivity index (χ4n) is 12.4. The summed E-state index contributed by atoms with van der Waals surface area (Å²) in [7, 11) is 0. The Morgan fingerprint density at radius 3 is 0.944 bits per heavy atom. The van der Waals surface area contributed by atoms with E-state index in [0.29, 0.717) is 34.9 Å². The van der Waals surface area contributed by atoms with Crippen LogP contribution in [0.1, 0.15) is 0 Å². The van der Waals surface area contributed by atoms with Gasteiger partial charge in [0.05, 0.1) is 5.52 Å². The van der Waals surface area contributed by atoms with Crippen molar-refractivity contribution < 1.29 is 0 Å². The van der Waals surface area contributed by atoms with Crippen molar-refractivity contribution in [2.75, 3.05) is 0 Å². The smallest absolute Gasteiger partial charge is 0.164 e. The van der Waals surface area contributed by atoms with Crippen LogP contribution in [-0.2, 0) is 0 Å². The second-order valence-corrected chi connectivity index (χ2v) is 22.4. The Kier molecular flexibility index (Phi) is 13.8. The van der Waals surface area contributed by atoms with Crippen LogP contribution >= 0.6 is 0 Å². The van der Waals surface area contributed by atoms with Gasteiger partial charge in [0.1, 0.15) is 0 Å². The van der Waals surface area contributed by atoms with Crippen molar-refractivity contribution in [3.63, 3.8) is 0 Å². The van der Waals surface area contributed by atoms with E-state index in [1.54, 1.807) is 0 Å². The molecule has 0 unspecified atom stereocenters. The summed E-state index contributed by atoms with van der Waals surface area (Å²) < 4.78 is 0. The molecule has 0 bridgehead atoms. The van der Waals surface area contributed by atoms with Crippen LogP contribution in [0.25, 0.3) is 166 Å². The number of hydrogen-bond acceptors (Lipinski definition) is 7. The summed E-state index contributed by atoms with van der Waals surface area (Å²) in [6.45, 7) is 0. The number of pyridine rings is 1. The minimum atomic E-state index is 0.638. The predicted octanol–water partition coefficient (Wildman–Crippen LogP) is 21.1. The predicted molar refractivity (Wildman–Crippen MR) is 371 cm³/mol. The van der Waals surface area contributed by atoms with Gasteiger partial charge in [0.25, 0.3) is 0 Å². The molecule has 17 rings (SSSR count). The van der Waals surface area contributed by atoms with E-state index < -0.39 is 0 Å². The van der Waals surface area contributed by atoms with Crippen molar-refractivity contribution in [1.29, 1.82) is 0 Å². The number of nitrogens with zero attached hydrogens (tertiary/aromatic N) is 7. The third-order valence-electron chi connectivity index (χ3n) is 16.9. The summed E-state index contributed by atoms with van der Waals surface area (Å²) in [4.78, 5) is 34.4. The van der Waals surface area contributed by atoms with E-state index in [9.17, 15) is 0 Å². The Labute approximate surface area is 520 Å². The van der Waals surface area contributed by atoms with Gasteiger partial charge in [-0.15, -0.1) is 0 Å². The van der Waals surface area contributed by atoms with Crippen LogP contribution in [0.4, 0.5) is 0 Å². The molecule has 0 aliphatic rings. The number of aromatic nitrogens is 7. The van der Waals surface area contributed by atoms with E-state index in [1.165, 1.54) is 59.8 Å². The Bertz CT molecular complexity index is 5360. The van der Waals surface area contributed by atoms with Gasteiger partial charge in [-0.25, -0.2) is 29.9 Å². The van der Waals surface area contributed by atoms with Gasteiger partial charge in [-0.3, -0.25) is 4.98 Å². The zero-order valence-electron chi connectivity index (χ0n) is 48.7. The zero-order chi connectivity index (χ0) is 59.7. The first-order valence-corrected chi connectivity index (χ1v) is 30.2. The third kappa shape index (κ3) is 10.2. The van der Waals surface area contributed by atoms with Crippen LogP contribution in [0.3, 0.4) is 0 Å². The maximum atomic E-state index is 4.99. The summed E-state index contributed by atoms with van der Waals surface area (Å²) >= 11 is 0. The molecule has 0 N–H and O–H groups in total. The van der Waals surface area contributed by atoms with Crippen molar-refractivity contribution in [2.24, 2.45) is 0 Å². The lowest BCUT2D eigenvalue weighted by molar-refractivity contribution is 1.07. The summed E-state index contributed by atoms with van der Waals surface area (Å²) in [5, 5.41) is 13.4. The van der Waals surface area contributed by atoms with Crippen LogP contribution in [0.2, 0.25) is 0 Å². The highest BCUT2D eigenvalue weighted by Crippen LogP contribution is 2.45. The number of fused-ring (bicyclic) bond motifs is 9. The number of hydrogen-bond donors (Lipinski definition) is 0. The molecule has 0 aliphatic carbocycles. The Balaban J connectivity index is 0.000000145. The highest BCUT2D eigenvalue weighted by molar-refractivity contribution is 6.31. The quantitative estimate of drug-likeness (QED) is 0.133. The molecule has 17 aromatic rings. The molecule has 0 saturated carbocycles. The monoisotopic (exact) mass is 1150 g/mol. The highest BCUT2D eigenvalue weighted by Gasteiger charge is 2.20. The summed E-state index contributed by atoms with van der Waals surface area (Å²) in [5.74, 6) is 3.90. The molecule has 90 heavy (non-hydrogen) atoms. The molecule has 0 amide bonds. The van der Waals surface area contributed by atoms with Crippen molar-refractivity contribution in [3.8, 4) is 102 Å². The SMILES string of the molecule is c1ccc(-c2nc(-c3ccccc3)nc(-c3ccc(-c4ccc(-c5ccccc5)c5c6ccccc6c6ccccc6c45)cc3)n2)cc1.c1ccc2cc(-c3nc(-c4ccc(-c5cccc6cccnc56)cc4)nc(-c4ccc5ccccc5c4)n3)ccc2c1. The largest absolute Gasteiger partial charge is 0.256 e. The fourth-order valence-corrected chi connectivity index (χ4v) is 12.4. The first-order valence-electron chi connectivity index (χ1n) is 30.2. The minimum Gasteiger partial charge on any atom is -0.256 e. The van der Waals surface area contributed by atoms with Gasteiger partial charge in [-0.05, 0) is 99.9 Å². The van der Waals surface area contributed by atoms with E-state index in [-0.39, 0.29) is 0 Å². The van der Waals surface area contributed by atoms with E-state index in [4.69, 9.17) is 29.9 Å². The van der Waals surface area contributed by atoms with Gasteiger partial charge >= 0.3 is 0 Å². The van der Waals surface area contributed by atoms with Crippen LogP contribution in [0.15, 0.2) is 322 Å².